The van der Waals surface area contributed by atoms with Crippen LogP contribution in [0.5, 0.6) is 0 Å². The van der Waals surface area contributed by atoms with Crippen molar-refractivity contribution in [2.75, 3.05) is 17.4 Å². The van der Waals surface area contributed by atoms with E-state index < -0.39 is 6.09 Å². The maximum Gasteiger partial charge on any atom is 0.439 e. The predicted molar refractivity (Wildman–Crippen MR) is 89.3 cm³/mol. The topological polar surface area (TPSA) is 51.7 Å². The lowest BCUT2D eigenvalue weighted by atomic mass is 10.2. The van der Waals surface area contributed by atoms with Crippen molar-refractivity contribution in [3.8, 4) is 0 Å². The highest BCUT2D eigenvalue weighted by molar-refractivity contribution is 7.99. The van der Waals surface area contributed by atoms with E-state index in [1.807, 2.05) is 42.5 Å². The molecule has 0 atom stereocenters. The summed E-state index contributed by atoms with van der Waals surface area (Å²) in [6.45, 7) is 0.780. The fraction of sp³-hybridized carbons (Fsp3) is 0.294. The lowest BCUT2D eigenvalue weighted by Crippen LogP contribution is -2.36. The molecule has 0 saturated heterocycles. The number of cyclic esters (lactones) is 1. The van der Waals surface area contributed by atoms with Crippen LogP contribution in [0.3, 0.4) is 0 Å². The van der Waals surface area contributed by atoms with Gasteiger partial charge in [-0.2, -0.15) is 5.06 Å². The molecule has 1 aromatic heterocycles. The zero-order valence-corrected chi connectivity index (χ0v) is 13.5. The van der Waals surface area contributed by atoms with Crippen LogP contribution in [0.4, 0.5) is 10.5 Å². The molecule has 3 rings (SSSR count). The van der Waals surface area contributed by atoms with Gasteiger partial charge in [0.25, 0.3) is 0 Å². The number of fused-ring (bicyclic) bond motifs is 1. The number of amides is 1. The van der Waals surface area contributed by atoms with E-state index >= 15 is 0 Å². The average Bonchev–Trinajstić information content (AvgIpc) is 2.60. The number of carbonyl (C=O) groups is 1. The van der Waals surface area contributed by atoms with Crippen LogP contribution < -0.4 is 5.06 Å². The lowest BCUT2D eigenvalue weighted by Gasteiger charge is -2.27. The van der Waals surface area contributed by atoms with Crippen LogP contribution in [-0.4, -0.2) is 23.4 Å². The summed E-state index contributed by atoms with van der Waals surface area (Å²) in [6, 6.07) is 13.5. The Morgan fingerprint density at radius 2 is 2.04 bits per heavy atom. The second-order valence-electron chi connectivity index (χ2n) is 5.03. The van der Waals surface area contributed by atoms with Crippen molar-refractivity contribution in [3.63, 3.8) is 0 Å². The number of hydrogen-bond donors (Lipinski definition) is 0. The van der Waals surface area contributed by atoms with Gasteiger partial charge in [-0.3, -0.25) is 4.84 Å². The summed E-state index contributed by atoms with van der Waals surface area (Å²) in [5.74, 6) is 0.974. The Kier molecular flexibility index (Phi) is 5.50. The standard InChI is InChI=1S/C17H18N2O3S/c20-17-19(15-8-2-1-7-14(15)13-21-17)22-11-5-6-12-23-16-9-3-4-10-18-16/h1-4,7-10H,5-6,11-13H2. The maximum absolute atomic E-state index is 11.8. The van der Waals surface area contributed by atoms with Gasteiger partial charge in [0.15, 0.2) is 0 Å². The Morgan fingerprint density at radius 1 is 1.17 bits per heavy atom. The first kappa shape index (κ1) is 15.8. The quantitative estimate of drug-likeness (QED) is 0.566. The number of anilines is 1. The van der Waals surface area contributed by atoms with Crippen molar-refractivity contribution >= 4 is 23.5 Å². The van der Waals surface area contributed by atoms with Crippen molar-refractivity contribution in [1.82, 2.24) is 4.98 Å². The number of hydroxylamine groups is 1. The molecule has 0 saturated carbocycles. The molecule has 0 radical (unpaired) electrons. The van der Waals surface area contributed by atoms with Gasteiger partial charge in [0.05, 0.1) is 17.3 Å². The van der Waals surface area contributed by atoms with Crippen molar-refractivity contribution < 1.29 is 14.4 Å². The second-order valence-corrected chi connectivity index (χ2v) is 6.15. The Bertz CT molecular complexity index is 651. The first-order valence-electron chi connectivity index (χ1n) is 7.56. The smallest absolute Gasteiger partial charge is 0.439 e. The third kappa shape index (κ3) is 4.24. The summed E-state index contributed by atoms with van der Waals surface area (Å²) >= 11 is 1.72. The highest BCUT2D eigenvalue weighted by Gasteiger charge is 2.26. The van der Waals surface area contributed by atoms with Gasteiger partial charge in [0, 0.05) is 11.8 Å². The fourth-order valence-corrected chi connectivity index (χ4v) is 3.09. The minimum atomic E-state index is -0.452. The molecule has 0 aliphatic carbocycles. The van der Waals surface area contributed by atoms with E-state index in [1.54, 1.807) is 18.0 Å². The molecule has 2 aromatic rings. The van der Waals surface area contributed by atoms with Gasteiger partial charge in [-0.25, -0.2) is 9.78 Å². The number of para-hydroxylation sites is 1. The van der Waals surface area contributed by atoms with Crippen LogP contribution in [-0.2, 0) is 16.2 Å². The summed E-state index contributed by atoms with van der Waals surface area (Å²) in [5.41, 5.74) is 1.73. The van der Waals surface area contributed by atoms with Gasteiger partial charge in [-0.15, -0.1) is 11.8 Å². The van der Waals surface area contributed by atoms with Crippen molar-refractivity contribution in [1.29, 1.82) is 0 Å². The minimum Gasteiger partial charge on any atom is -0.443 e. The van der Waals surface area contributed by atoms with Gasteiger partial charge < -0.3 is 4.74 Å². The van der Waals surface area contributed by atoms with E-state index in [2.05, 4.69) is 4.98 Å². The Balaban J connectivity index is 1.41. The van der Waals surface area contributed by atoms with Crippen LogP contribution in [0.2, 0.25) is 0 Å². The van der Waals surface area contributed by atoms with Gasteiger partial charge in [-0.1, -0.05) is 24.3 Å². The number of unbranched alkanes of at least 4 members (excludes halogenated alkanes) is 1. The van der Waals surface area contributed by atoms with Crippen LogP contribution in [0.15, 0.2) is 53.7 Å². The van der Waals surface area contributed by atoms with Crippen LogP contribution >= 0.6 is 11.8 Å². The number of rotatable bonds is 7. The maximum atomic E-state index is 11.8. The molecule has 0 fully saturated rings. The molecule has 23 heavy (non-hydrogen) atoms. The number of hydrogen-bond acceptors (Lipinski definition) is 5. The van der Waals surface area contributed by atoms with Gasteiger partial charge in [0.2, 0.25) is 0 Å². The Morgan fingerprint density at radius 3 is 2.91 bits per heavy atom. The highest BCUT2D eigenvalue weighted by atomic mass is 32.2. The van der Waals surface area contributed by atoms with Crippen molar-refractivity contribution in [3.05, 3.63) is 54.2 Å². The monoisotopic (exact) mass is 330 g/mol. The minimum absolute atomic E-state index is 0.301. The van der Waals surface area contributed by atoms with Gasteiger partial charge in [-0.05, 0) is 36.8 Å². The molecular formula is C17H18N2O3S. The van der Waals surface area contributed by atoms with Crippen LogP contribution in [0.25, 0.3) is 0 Å². The number of pyridine rings is 1. The van der Waals surface area contributed by atoms with Gasteiger partial charge >= 0.3 is 6.09 Å². The molecule has 1 aromatic carbocycles. The Labute approximate surface area is 139 Å². The first-order chi connectivity index (χ1) is 11.3. The summed E-state index contributed by atoms with van der Waals surface area (Å²) in [7, 11) is 0. The number of thioether (sulfide) groups is 1. The van der Waals surface area contributed by atoms with Crippen molar-refractivity contribution in [2.24, 2.45) is 0 Å². The van der Waals surface area contributed by atoms with Crippen LogP contribution in [0.1, 0.15) is 18.4 Å². The summed E-state index contributed by atoms with van der Waals surface area (Å²) in [6.07, 6.45) is 3.20. The number of ether oxygens (including phenoxy) is 1. The second kappa shape index (κ2) is 7.99. The third-order valence-corrected chi connectivity index (χ3v) is 4.40. The molecule has 6 heteroatoms. The largest absolute Gasteiger partial charge is 0.443 e. The molecule has 120 valence electrons. The molecule has 0 unspecified atom stereocenters. The molecule has 0 N–H and O–H groups in total. The normalized spacial score (nSPS) is 13.6. The van der Waals surface area contributed by atoms with E-state index in [9.17, 15) is 4.79 Å². The number of aromatic nitrogens is 1. The molecule has 1 aliphatic rings. The summed E-state index contributed by atoms with van der Waals surface area (Å²) in [4.78, 5) is 21.7. The van der Waals surface area contributed by atoms with Crippen molar-refractivity contribution in [2.45, 2.75) is 24.5 Å². The van der Waals surface area contributed by atoms with E-state index in [1.165, 1.54) is 5.06 Å². The predicted octanol–water partition coefficient (Wildman–Crippen LogP) is 4.04. The summed E-state index contributed by atoms with van der Waals surface area (Å²) in [5, 5.41) is 2.28. The Hall–Kier alpha value is -2.05. The third-order valence-electron chi connectivity index (χ3n) is 3.37. The first-order valence-corrected chi connectivity index (χ1v) is 8.55. The average molecular weight is 330 g/mol. The lowest BCUT2D eigenvalue weighted by molar-refractivity contribution is 0.0616. The molecular weight excluding hydrogens is 312 g/mol. The van der Waals surface area contributed by atoms with Crippen LogP contribution in [0, 0.1) is 0 Å². The zero-order valence-electron chi connectivity index (χ0n) is 12.7. The molecule has 0 bridgehead atoms. The highest BCUT2D eigenvalue weighted by Crippen LogP contribution is 2.27. The number of carbonyl (C=O) groups excluding carboxylic acids is 1. The fourth-order valence-electron chi connectivity index (χ4n) is 2.22. The van der Waals surface area contributed by atoms with E-state index in [-0.39, 0.29) is 0 Å². The van der Waals surface area contributed by atoms with E-state index in [4.69, 9.17) is 9.57 Å². The SMILES string of the molecule is O=C1OCc2ccccc2N1OCCCCSc1ccccn1. The zero-order chi connectivity index (χ0) is 15.9. The van der Waals surface area contributed by atoms with Gasteiger partial charge in [0.1, 0.15) is 6.61 Å². The number of benzene rings is 1. The molecule has 5 nitrogen and oxygen atoms in total. The summed E-state index contributed by atoms with van der Waals surface area (Å²) < 4.78 is 5.10. The number of nitrogens with zero attached hydrogens (tertiary/aromatic N) is 2. The molecule has 2 heterocycles. The molecule has 1 aliphatic heterocycles. The van der Waals surface area contributed by atoms with E-state index in [0.717, 1.165) is 34.9 Å². The molecule has 1 amide bonds. The van der Waals surface area contributed by atoms with E-state index in [0.29, 0.717) is 13.2 Å². The molecule has 0 spiro atoms.